The summed E-state index contributed by atoms with van der Waals surface area (Å²) in [5.41, 5.74) is 3.01. The predicted molar refractivity (Wildman–Crippen MR) is 87.5 cm³/mol. The molecule has 1 unspecified atom stereocenters. The molecule has 0 aliphatic rings. The molecule has 22 heavy (non-hydrogen) atoms. The molecule has 1 N–H and O–H groups in total. The van der Waals surface area contributed by atoms with Crippen molar-refractivity contribution in [3.05, 3.63) is 65.2 Å². The molecule has 0 amide bonds. The lowest BCUT2D eigenvalue weighted by Crippen LogP contribution is -2.14. The first-order valence-corrected chi connectivity index (χ1v) is 7.56. The molecule has 0 aliphatic carbocycles. The summed E-state index contributed by atoms with van der Waals surface area (Å²) in [4.78, 5) is 11.5. The highest BCUT2D eigenvalue weighted by Crippen LogP contribution is 2.25. The minimum atomic E-state index is -0.773. The number of carboxylic acids is 1. The molecule has 0 saturated carbocycles. The van der Waals surface area contributed by atoms with E-state index in [4.69, 9.17) is 4.74 Å². The molecule has 0 saturated heterocycles. The Kier molecular flexibility index (Phi) is 5.59. The Morgan fingerprint density at radius 1 is 1.05 bits per heavy atom. The van der Waals surface area contributed by atoms with Gasteiger partial charge in [0.2, 0.25) is 0 Å². The van der Waals surface area contributed by atoms with Crippen molar-refractivity contribution < 1.29 is 14.6 Å². The molecular weight excluding hydrogens is 276 g/mol. The van der Waals surface area contributed by atoms with E-state index in [9.17, 15) is 9.90 Å². The first-order valence-electron chi connectivity index (χ1n) is 7.56. The third-order valence-corrected chi connectivity index (χ3v) is 3.85. The monoisotopic (exact) mass is 298 g/mol. The lowest BCUT2D eigenvalue weighted by atomic mass is 9.91. The fourth-order valence-corrected chi connectivity index (χ4v) is 2.58. The van der Waals surface area contributed by atoms with Crippen molar-refractivity contribution >= 4 is 5.97 Å². The van der Waals surface area contributed by atoms with Crippen LogP contribution in [-0.4, -0.2) is 17.7 Å². The van der Waals surface area contributed by atoms with Gasteiger partial charge in [-0.25, -0.2) is 0 Å². The number of hydrogen-bond donors (Lipinski definition) is 1. The summed E-state index contributed by atoms with van der Waals surface area (Å²) >= 11 is 0. The number of ether oxygens (including phenoxy) is 1. The van der Waals surface area contributed by atoms with Crippen LogP contribution < -0.4 is 4.74 Å². The largest absolute Gasteiger partial charge is 0.493 e. The highest BCUT2D eigenvalue weighted by atomic mass is 16.5. The highest BCUT2D eigenvalue weighted by Gasteiger charge is 2.20. The van der Waals surface area contributed by atoms with Gasteiger partial charge in [-0.3, -0.25) is 4.79 Å². The Hall–Kier alpha value is -2.29. The Morgan fingerprint density at radius 3 is 2.32 bits per heavy atom. The predicted octanol–water partition coefficient (Wildman–Crippen LogP) is 4.33. The van der Waals surface area contributed by atoms with Crippen LogP contribution in [0.2, 0.25) is 0 Å². The molecule has 1 atom stereocenters. The molecule has 0 radical (unpaired) electrons. The van der Waals surface area contributed by atoms with Gasteiger partial charge in [-0.05, 0) is 49.4 Å². The maximum Gasteiger partial charge on any atom is 0.310 e. The van der Waals surface area contributed by atoms with Crippen LogP contribution in [0.4, 0.5) is 0 Å². The van der Waals surface area contributed by atoms with Crippen molar-refractivity contribution in [3.8, 4) is 5.75 Å². The quantitative estimate of drug-likeness (QED) is 0.774. The third-order valence-electron chi connectivity index (χ3n) is 3.85. The van der Waals surface area contributed by atoms with E-state index in [1.165, 1.54) is 0 Å². The zero-order chi connectivity index (χ0) is 15.9. The maximum absolute atomic E-state index is 11.5. The summed E-state index contributed by atoms with van der Waals surface area (Å²) in [6.07, 6.45) is 1.28. The Bertz CT molecular complexity index is 634. The molecule has 0 aromatic heterocycles. The van der Waals surface area contributed by atoms with Gasteiger partial charge in [0.1, 0.15) is 5.75 Å². The van der Waals surface area contributed by atoms with E-state index in [2.05, 4.69) is 0 Å². The summed E-state index contributed by atoms with van der Waals surface area (Å²) in [5.74, 6) is -0.378. The van der Waals surface area contributed by atoms with E-state index in [0.29, 0.717) is 19.4 Å². The lowest BCUT2D eigenvalue weighted by Gasteiger charge is -2.15. The van der Waals surface area contributed by atoms with Crippen LogP contribution in [0.3, 0.4) is 0 Å². The lowest BCUT2D eigenvalue weighted by molar-refractivity contribution is -0.139. The second kappa shape index (κ2) is 7.64. The van der Waals surface area contributed by atoms with Gasteiger partial charge in [-0.2, -0.15) is 0 Å². The van der Waals surface area contributed by atoms with Crippen LogP contribution >= 0.6 is 0 Å². The van der Waals surface area contributed by atoms with Gasteiger partial charge in [0.05, 0.1) is 12.5 Å². The minimum absolute atomic E-state index is 0.471. The summed E-state index contributed by atoms with van der Waals surface area (Å²) in [5, 5.41) is 9.47. The van der Waals surface area contributed by atoms with E-state index in [1.807, 2.05) is 62.4 Å². The zero-order valence-electron chi connectivity index (χ0n) is 13.1. The van der Waals surface area contributed by atoms with Gasteiger partial charge >= 0.3 is 5.97 Å². The zero-order valence-corrected chi connectivity index (χ0v) is 13.1. The van der Waals surface area contributed by atoms with Crippen molar-refractivity contribution in [1.29, 1.82) is 0 Å². The molecule has 0 aliphatic heterocycles. The van der Waals surface area contributed by atoms with Crippen LogP contribution in [0.5, 0.6) is 5.75 Å². The Balaban J connectivity index is 1.92. The molecule has 2 rings (SSSR count). The SMILES string of the molecule is Cc1ccccc1OCCCC(C(=O)O)c1ccccc1C. The molecule has 3 nitrogen and oxygen atoms in total. The number of carboxylic acid groups (broad SMARTS) is 1. The molecule has 2 aromatic carbocycles. The molecule has 0 heterocycles. The fourth-order valence-electron chi connectivity index (χ4n) is 2.58. The smallest absolute Gasteiger partial charge is 0.310 e. The van der Waals surface area contributed by atoms with Crippen LogP contribution in [0, 0.1) is 13.8 Å². The van der Waals surface area contributed by atoms with E-state index in [0.717, 1.165) is 22.4 Å². The van der Waals surface area contributed by atoms with Gasteiger partial charge < -0.3 is 9.84 Å². The van der Waals surface area contributed by atoms with Crippen LogP contribution in [0.15, 0.2) is 48.5 Å². The fraction of sp³-hybridized carbons (Fsp3) is 0.316. The number of aliphatic carboxylic acids is 1. The van der Waals surface area contributed by atoms with Crippen molar-refractivity contribution in [2.75, 3.05) is 6.61 Å². The normalized spacial score (nSPS) is 11.9. The summed E-state index contributed by atoms with van der Waals surface area (Å²) < 4.78 is 5.74. The highest BCUT2D eigenvalue weighted by molar-refractivity contribution is 5.76. The van der Waals surface area contributed by atoms with Crippen LogP contribution in [-0.2, 0) is 4.79 Å². The van der Waals surface area contributed by atoms with E-state index >= 15 is 0 Å². The van der Waals surface area contributed by atoms with Crippen LogP contribution in [0.1, 0.15) is 35.4 Å². The summed E-state index contributed by atoms with van der Waals surface area (Å²) in [7, 11) is 0. The second-order valence-electron chi connectivity index (χ2n) is 5.50. The summed E-state index contributed by atoms with van der Waals surface area (Å²) in [6, 6.07) is 15.5. The van der Waals surface area contributed by atoms with Crippen molar-refractivity contribution in [2.24, 2.45) is 0 Å². The number of hydrogen-bond acceptors (Lipinski definition) is 2. The average molecular weight is 298 g/mol. The average Bonchev–Trinajstić information content (AvgIpc) is 2.50. The van der Waals surface area contributed by atoms with Gasteiger partial charge in [-0.15, -0.1) is 0 Å². The van der Waals surface area contributed by atoms with Gasteiger partial charge in [0.25, 0.3) is 0 Å². The first kappa shape index (κ1) is 16.1. The molecule has 0 fully saturated rings. The van der Waals surface area contributed by atoms with Gasteiger partial charge in [0.15, 0.2) is 0 Å². The van der Waals surface area contributed by atoms with Crippen molar-refractivity contribution in [3.63, 3.8) is 0 Å². The van der Waals surface area contributed by atoms with E-state index in [1.54, 1.807) is 0 Å². The molecule has 2 aromatic rings. The third kappa shape index (κ3) is 4.10. The van der Waals surface area contributed by atoms with Gasteiger partial charge in [0, 0.05) is 0 Å². The molecule has 0 spiro atoms. The topological polar surface area (TPSA) is 46.5 Å². The van der Waals surface area contributed by atoms with Crippen molar-refractivity contribution in [2.45, 2.75) is 32.6 Å². The van der Waals surface area contributed by atoms with Crippen LogP contribution in [0.25, 0.3) is 0 Å². The molecule has 3 heteroatoms. The van der Waals surface area contributed by atoms with Crippen molar-refractivity contribution in [1.82, 2.24) is 0 Å². The number of rotatable bonds is 7. The molecule has 116 valence electrons. The van der Waals surface area contributed by atoms with E-state index in [-0.39, 0.29) is 0 Å². The standard InChI is InChI=1S/C19H22O3/c1-14-8-3-5-10-16(14)17(19(20)21)11-7-13-22-18-12-6-4-9-15(18)2/h3-6,8-10,12,17H,7,11,13H2,1-2H3,(H,20,21). The second-order valence-corrected chi connectivity index (χ2v) is 5.50. The number of aryl methyl sites for hydroxylation is 2. The molecule has 0 bridgehead atoms. The maximum atomic E-state index is 11.5. The van der Waals surface area contributed by atoms with Gasteiger partial charge in [-0.1, -0.05) is 42.5 Å². The number of carbonyl (C=O) groups is 1. The first-order chi connectivity index (χ1) is 10.6. The molecular formula is C19H22O3. The number of benzene rings is 2. The Morgan fingerprint density at radius 2 is 1.68 bits per heavy atom. The summed E-state index contributed by atoms with van der Waals surface area (Å²) in [6.45, 7) is 4.48. The Labute approximate surface area is 131 Å². The minimum Gasteiger partial charge on any atom is -0.493 e. The van der Waals surface area contributed by atoms with E-state index < -0.39 is 11.9 Å². The number of para-hydroxylation sites is 1.